The minimum absolute atomic E-state index is 0.155. The van der Waals surface area contributed by atoms with Gasteiger partial charge >= 0.3 is 0 Å². The van der Waals surface area contributed by atoms with Crippen molar-refractivity contribution in [1.82, 2.24) is 20.0 Å². The normalized spacial score (nSPS) is 18.1. The first-order chi connectivity index (χ1) is 11.8. The van der Waals surface area contributed by atoms with Gasteiger partial charge in [-0.05, 0) is 31.2 Å². The molecule has 0 N–H and O–H groups in total. The first-order valence-electron chi connectivity index (χ1n) is 7.99. The molecule has 1 saturated heterocycles. The summed E-state index contributed by atoms with van der Waals surface area (Å²) in [6.45, 7) is 2.29. The van der Waals surface area contributed by atoms with E-state index in [1.807, 2.05) is 24.3 Å². The molecule has 0 saturated carbocycles. The standard InChI is InChI=1S/C18H17FN4O/c19-16-6-2-1-4-14(16)11-23-9-7-15(12-23)18-21-17(22-24-18)13-5-3-8-20-10-13/h1-6,8,10,15H,7,9,11-12H2. The summed E-state index contributed by atoms with van der Waals surface area (Å²) in [6, 6.07) is 10.7. The first kappa shape index (κ1) is 15.0. The molecule has 4 rings (SSSR count). The number of hydrogen-bond acceptors (Lipinski definition) is 5. The van der Waals surface area contributed by atoms with E-state index in [0.717, 1.165) is 30.6 Å². The van der Waals surface area contributed by atoms with Gasteiger partial charge in [-0.2, -0.15) is 4.98 Å². The Labute approximate surface area is 139 Å². The highest BCUT2D eigenvalue weighted by Gasteiger charge is 2.28. The van der Waals surface area contributed by atoms with Crippen LogP contribution < -0.4 is 0 Å². The van der Waals surface area contributed by atoms with Crippen molar-refractivity contribution in [2.45, 2.75) is 18.9 Å². The van der Waals surface area contributed by atoms with Gasteiger partial charge in [0.1, 0.15) is 5.82 Å². The van der Waals surface area contributed by atoms with Gasteiger partial charge in [-0.3, -0.25) is 9.88 Å². The summed E-state index contributed by atoms with van der Waals surface area (Å²) < 4.78 is 19.2. The van der Waals surface area contributed by atoms with Gasteiger partial charge in [-0.15, -0.1) is 0 Å². The maximum atomic E-state index is 13.8. The summed E-state index contributed by atoms with van der Waals surface area (Å²) >= 11 is 0. The number of rotatable bonds is 4. The second-order valence-corrected chi connectivity index (χ2v) is 6.01. The molecule has 0 radical (unpaired) electrons. The minimum Gasteiger partial charge on any atom is -0.339 e. The Balaban J connectivity index is 1.44. The van der Waals surface area contributed by atoms with Gasteiger partial charge in [0.05, 0.1) is 5.92 Å². The van der Waals surface area contributed by atoms with Crippen LogP contribution in [0.4, 0.5) is 4.39 Å². The Morgan fingerprint density at radius 3 is 2.96 bits per heavy atom. The zero-order chi connectivity index (χ0) is 16.4. The van der Waals surface area contributed by atoms with Gasteiger partial charge in [0.2, 0.25) is 11.7 Å². The van der Waals surface area contributed by atoms with Gasteiger partial charge < -0.3 is 4.52 Å². The molecule has 3 aromatic rings. The second kappa shape index (κ2) is 6.49. The van der Waals surface area contributed by atoms with E-state index >= 15 is 0 Å². The molecule has 1 aromatic carbocycles. The van der Waals surface area contributed by atoms with E-state index in [9.17, 15) is 4.39 Å². The predicted octanol–water partition coefficient (Wildman–Crippen LogP) is 3.26. The maximum absolute atomic E-state index is 13.8. The van der Waals surface area contributed by atoms with Gasteiger partial charge in [0, 0.05) is 36.6 Å². The van der Waals surface area contributed by atoms with Crippen molar-refractivity contribution in [3.63, 3.8) is 0 Å². The van der Waals surface area contributed by atoms with E-state index in [1.165, 1.54) is 6.07 Å². The topological polar surface area (TPSA) is 55.1 Å². The highest BCUT2D eigenvalue weighted by atomic mass is 19.1. The molecule has 1 aliphatic rings. The van der Waals surface area contributed by atoms with Crippen LogP contribution in [0.25, 0.3) is 11.4 Å². The maximum Gasteiger partial charge on any atom is 0.231 e. The van der Waals surface area contributed by atoms with Crippen molar-refractivity contribution in [2.24, 2.45) is 0 Å². The number of hydrogen-bond donors (Lipinski definition) is 0. The Bertz CT molecular complexity index is 821. The Kier molecular flexibility index (Phi) is 4.04. The molecule has 0 aliphatic carbocycles. The molecule has 1 fully saturated rings. The van der Waals surface area contributed by atoms with Crippen molar-refractivity contribution in [1.29, 1.82) is 0 Å². The summed E-state index contributed by atoms with van der Waals surface area (Å²) in [5.74, 6) is 1.24. The van der Waals surface area contributed by atoms with Crippen LogP contribution in [-0.4, -0.2) is 33.1 Å². The molecule has 1 aliphatic heterocycles. The number of pyridine rings is 1. The number of benzene rings is 1. The lowest BCUT2D eigenvalue weighted by molar-refractivity contribution is 0.305. The van der Waals surface area contributed by atoms with E-state index in [4.69, 9.17) is 4.52 Å². The van der Waals surface area contributed by atoms with Crippen molar-refractivity contribution in [2.75, 3.05) is 13.1 Å². The summed E-state index contributed by atoms with van der Waals surface area (Å²) in [7, 11) is 0. The van der Waals surface area contributed by atoms with Gasteiger partial charge in [-0.25, -0.2) is 4.39 Å². The molecule has 0 spiro atoms. The molecular weight excluding hydrogens is 307 g/mol. The highest BCUT2D eigenvalue weighted by Crippen LogP contribution is 2.28. The Morgan fingerprint density at radius 2 is 2.12 bits per heavy atom. The van der Waals surface area contributed by atoms with E-state index in [1.54, 1.807) is 18.5 Å². The predicted molar refractivity (Wildman–Crippen MR) is 86.6 cm³/mol. The van der Waals surface area contributed by atoms with Crippen LogP contribution in [-0.2, 0) is 6.54 Å². The minimum atomic E-state index is -0.155. The fourth-order valence-electron chi connectivity index (χ4n) is 3.06. The molecule has 2 aromatic heterocycles. The van der Waals surface area contributed by atoms with Gasteiger partial charge in [-0.1, -0.05) is 23.4 Å². The Morgan fingerprint density at radius 1 is 1.21 bits per heavy atom. The largest absolute Gasteiger partial charge is 0.339 e. The third kappa shape index (κ3) is 3.05. The van der Waals surface area contributed by atoms with E-state index in [-0.39, 0.29) is 11.7 Å². The van der Waals surface area contributed by atoms with Crippen LogP contribution in [0.3, 0.4) is 0 Å². The molecule has 3 heterocycles. The lowest BCUT2D eigenvalue weighted by Gasteiger charge is -2.15. The SMILES string of the molecule is Fc1ccccc1CN1CCC(c2nc(-c3cccnc3)no2)C1. The molecule has 1 unspecified atom stereocenters. The van der Waals surface area contributed by atoms with Crippen molar-refractivity contribution >= 4 is 0 Å². The van der Waals surface area contributed by atoms with Crippen LogP contribution in [0, 0.1) is 5.82 Å². The fourth-order valence-corrected chi connectivity index (χ4v) is 3.06. The van der Waals surface area contributed by atoms with Crippen molar-refractivity contribution < 1.29 is 8.91 Å². The molecule has 0 bridgehead atoms. The lowest BCUT2D eigenvalue weighted by Crippen LogP contribution is -2.20. The average Bonchev–Trinajstić information content (AvgIpc) is 3.27. The molecule has 1 atom stereocenters. The van der Waals surface area contributed by atoms with E-state index in [2.05, 4.69) is 20.0 Å². The van der Waals surface area contributed by atoms with Gasteiger partial charge in [0.25, 0.3) is 0 Å². The van der Waals surface area contributed by atoms with Crippen LogP contribution in [0.15, 0.2) is 53.3 Å². The average molecular weight is 324 g/mol. The summed E-state index contributed by atoms with van der Waals surface area (Å²) in [5.41, 5.74) is 1.56. The third-order valence-electron chi connectivity index (χ3n) is 4.33. The summed E-state index contributed by atoms with van der Waals surface area (Å²) in [5, 5.41) is 4.05. The zero-order valence-corrected chi connectivity index (χ0v) is 13.1. The van der Waals surface area contributed by atoms with E-state index in [0.29, 0.717) is 18.3 Å². The number of nitrogens with zero attached hydrogens (tertiary/aromatic N) is 4. The molecule has 122 valence electrons. The zero-order valence-electron chi connectivity index (χ0n) is 13.1. The second-order valence-electron chi connectivity index (χ2n) is 6.01. The quantitative estimate of drug-likeness (QED) is 0.737. The molecule has 5 nitrogen and oxygen atoms in total. The number of aromatic nitrogens is 3. The first-order valence-corrected chi connectivity index (χ1v) is 7.99. The molecule has 24 heavy (non-hydrogen) atoms. The smallest absolute Gasteiger partial charge is 0.231 e. The van der Waals surface area contributed by atoms with Crippen molar-refractivity contribution in [3.8, 4) is 11.4 Å². The lowest BCUT2D eigenvalue weighted by atomic mass is 10.1. The number of halogens is 1. The van der Waals surface area contributed by atoms with Crippen LogP contribution in [0.5, 0.6) is 0 Å². The number of likely N-dealkylation sites (tertiary alicyclic amines) is 1. The monoisotopic (exact) mass is 324 g/mol. The van der Waals surface area contributed by atoms with Crippen LogP contribution >= 0.6 is 0 Å². The van der Waals surface area contributed by atoms with Crippen molar-refractivity contribution in [3.05, 3.63) is 66.1 Å². The molecular formula is C18H17FN4O. The Hall–Kier alpha value is -2.60. The van der Waals surface area contributed by atoms with Crippen LogP contribution in [0.2, 0.25) is 0 Å². The van der Waals surface area contributed by atoms with E-state index < -0.39 is 0 Å². The molecule has 0 amide bonds. The highest BCUT2D eigenvalue weighted by molar-refractivity contribution is 5.51. The third-order valence-corrected chi connectivity index (χ3v) is 4.33. The van der Waals surface area contributed by atoms with Gasteiger partial charge in [0.15, 0.2) is 0 Å². The summed E-state index contributed by atoms with van der Waals surface area (Å²) in [4.78, 5) is 10.8. The van der Waals surface area contributed by atoms with Crippen LogP contribution in [0.1, 0.15) is 23.8 Å². The fraction of sp³-hybridized carbons (Fsp3) is 0.278. The summed E-state index contributed by atoms with van der Waals surface area (Å²) in [6.07, 6.45) is 4.36. The molecule has 6 heteroatoms.